The van der Waals surface area contributed by atoms with E-state index < -0.39 is 6.09 Å². The normalized spacial score (nSPS) is 13.8. The van der Waals surface area contributed by atoms with Crippen molar-refractivity contribution in [3.63, 3.8) is 0 Å². The zero-order chi connectivity index (χ0) is 20.6. The molecule has 1 fully saturated rings. The second kappa shape index (κ2) is 10.1. The van der Waals surface area contributed by atoms with Crippen LogP contribution in [-0.2, 0) is 4.74 Å². The standard InChI is InChI=1S/C21H23ClN2O5/c22-17-6-7-19(29-11-1-8-23-21(26)27)18(14-17)15-2-4-16(5-3-15)20(25)24-9-12-28-13-10-24/h2-7,14,23H,1,8-13H2,(H,26,27). The Morgan fingerprint density at radius 2 is 1.86 bits per heavy atom. The average Bonchev–Trinajstić information content (AvgIpc) is 2.74. The van der Waals surface area contributed by atoms with Crippen LogP contribution in [0.25, 0.3) is 11.1 Å². The van der Waals surface area contributed by atoms with Crippen LogP contribution in [0.5, 0.6) is 5.75 Å². The second-order valence-corrected chi connectivity index (χ2v) is 6.99. The molecule has 1 saturated heterocycles. The first-order valence-corrected chi connectivity index (χ1v) is 9.79. The predicted octanol–water partition coefficient (Wildman–Crippen LogP) is 3.52. The number of nitrogens with zero attached hydrogens (tertiary/aromatic N) is 1. The number of ether oxygens (including phenoxy) is 2. The van der Waals surface area contributed by atoms with Gasteiger partial charge in [0, 0.05) is 35.8 Å². The van der Waals surface area contributed by atoms with Gasteiger partial charge >= 0.3 is 6.09 Å². The number of carbonyl (C=O) groups excluding carboxylic acids is 1. The van der Waals surface area contributed by atoms with Gasteiger partial charge in [-0.15, -0.1) is 0 Å². The number of amides is 2. The summed E-state index contributed by atoms with van der Waals surface area (Å²) >= 11 is 6.17. The molecule has 0 bridgehead atoms. The molecule has 0 spiro atoms. The van der Waals surface area contributed by atoms with Crippen LogP contribution in [0.4, 0.5) is 4.79 Å². The molecule has 3 rings (SSSR count). The summed E-state index contributed by atoms with van der Waals surface area (Å²) in [6, 6.07) is 12.7. The highest BCUT2D eigenvalue weighted by Crippen LogP contribution is 2.33. The van der Waals surface area contributed by atoms with Crippen LogP contribution in [0.1, 0.15) is 16.8 Å². The first-order chi connectivity index (χ1) is 14.0. The molecule has 0 unspecified atom stereocenters. The molecular weight excluding hydrogens is 396 g/mol. The molecule has 1 aliphatic heterocycles. The van der Waals surface area contributed by atoms with Crippen molar-refractivity contribution in [2.24, 2.45) is 0 Å². The number of hydrogen-bond acceptors (Lipinski definition) is 4. The molecule has 1 aliphatic rings. The van der Waals surface area contributed by atoms with E-state index in [1.165, 1.54) is 0 Å². The van der Waals surface area contributed by atoms with Gasteiger partial charge in [-0.1, -0.05) is 23.7 Å². The smallest absolute Gasteiger partial charge is 0.404 e. The van der Waals surface area contributed by atoms with E-state index in [1.54, 1.807) is 29.2 Å². The van der Waals surface area contributed by atoms with Crippen molar-refractivity contribution < 1.29 is 24.2 Å². The number of halogens is 1. The molecule has 29 heavy (non-hydrogen) atoms. The minimum absolute atomic E-state index is 0.00616. The van der Waals surface area contributed by atoms with E-state index in [2.05, 4.69) is 5.32 Å². The zero-order valence-electron chi connectivity index (χ0n) is 15.9. The van der Waals surface area contributed by atoms with Gasteiger partial charge in [0.25, 0.3) is 5.91 Å². The molecular formula is C21H23ClN2O5. The fourth-order valence-corrected chi connectivity index (χ4v) is 3.22. The fraction of sp³-hybridized carbons (Fsp3) is 0.333. The lowest BCUT2D eigenvalue weighted by molar-refractivity contribution is 0.0303. The first kappa shape index (κ1) is 21.0. The molecule has 0 radical (unpaired) electrons. The minimum atomic E-state index is -1.05. The van der Waals surface area contributed by atoms with Crippen molar-refractivity contribution in [1.82, 2.24) is 10.2 Å². The Morgan fingerprint density at radius 3 is 2.55 bits per heavy atom. The molecule has 2 N–H and O–H groups in total. The predicted molar refractivity (Wildman–Crippen MR) is 110 cm³/mol. The lowest BCUT2D eigenvalue weighted by Gasteiger charge is -2.26. The summed E-state index contributed by atoms with van der Waals surface area (Å²) in [5.74, 6) is 0.644. The molecule has 1 heterocycles. The average molecular weight is 419 g/mol. The van der Waals surface area contributed by atoms with E-state index in [-0.39, 0.29) is 5.91 Å². The van der Waals surface area contributed by atoms with Crippen molar-refractivity contribution in [3.8, 4) is 16.9 Å². The van der Waals surface area contributed by atoms with E-state index in [4.69, 9.17) is 26.2 Å². The fourth-order valence-electron chi connectivity index (χ4n) is 3.04. The molecule has 154 valence electrons. The second-order valence-electron chi connectivity index (χ2n) is 6.56. The van der Waals surface area contributed by atoms with Crippen LogP contribution in [0, 0.1) is 0 Å². The SMILES string of the molecule is O=C(O)NCCCOc1ccc(Cl)cc1-c1ccc(C(=O)N2CCOCC2)cc1. The van der Waals surface area contributed by atoms with Crippen molar-refractivity contribution in [3.05, 3.63) is 53.1 Å². The molecule has 2 amide bonds. The minimum Gasteiger partial charge on any atom is -0.493 e. The van der Waals surface area contributed by atoms with E-state index in [0.29, 0.717) is 62.2 Å². The van der Waals surface area contributed by atoms with Gasteiger partial charge in [-0.3, -0.25) is 4.79 Å². The highest BCUT2D eigenvalue weighted by molar-refractivity contribution is 6.31. The number of rotatable bonds is 7. The number of nitrogens with one attached hydrogen (secondary N) is 1. The Morgan fingerprint density at radius 1 is 1.14 bits per heavy atom. The third kappa shape index (κ3) is 5.85. The van der Waals surface area contributed by atoms with Gasteiger partial charge in [-0.05, 0) is 42.3 Å². The van der Waals surface area contributed by atoms with E-state index >= 15 is 0 Å². The molecule has 2 aromatic rings. The highest BCUT2D eigenvalue weighted by atomic mass is 35.5. The largest absolute Gasteiger partial charge is 0.493 e. The van der Waals surface area contributed by atoms with Crippen LogP contribution in [0.3, 0.4) is 0 Å². The van der Waals surface area contributed by atoms with Gasteiger partial charge in [0.15, 0.2) is 0 Å². The summed E-state index contributed by atoms with van der Waals surface area (Å²) in [5, 5.41) is 11.5. The van der Waals surface area contributed by atoms with Crippen LogP contribution in [0.2, 0.25) is 5.02 Å². The van der Waals surface area contributed by atoms with Crippen molar-refractivity contribution >= 4 is 23.6 Å². The first-order valence-electron chi connectivity index (χ1n) is 9.41. The van der Waals surface area contributed by atoms with Gasteiger partial charge in [0.05, 0.1) is 19.8 Å². The van der Waals surface area contributed by atoms with Crippen LogP contribution in [-0.4, -0.2) is 61.5 Å². The van der Waals surface area contributed by atoms with E-state index in [0.717, 1.165) is 11.1 Å². The number of benzene rings is 2. The summed E-state index contributed by atoms with van der Waals surface area (Å²) < 4.78 is 11.1. The molecule has 2 aromatic carbocycles. The molecule has 0 atom stereocenters. The Kier molecular flexibility index (Phi) is 7.32. The van der Waals surface area contributed by atoms with Gasteiger partial charge in [0.2, 0.25) is 0 Å². The van der Waals surface area contributed by atoms with E-state index in [9.17, 15) is 9.59 Å². The summed E-state index contributed by atoms with van der Waals surface area (Å²) in [4.78, 5) is 24.9. The maximum absolute atomic E-state index is 12.6. The third-order valence-corrected chi connectivity index (χ3v) is 4.77. The quantitative estimate of drug-likeness (QED) is 0.672. The Balaban J connectivity index is 1.69. The Hall–Kier alpha value is -2.77. The monoisotopic (exact) mass is 418 g/mol. The number of carbonyl (C=O) groups is 2. The number of carboxylic acid groups (broad SMARTS) is 1. The Bertz CT molecular complexity index is 851. The summed E-state index contributed by atoms with van der Waals surface area (Å²) in [6.45, 7) is 3.01. The summed E-state index contributed by atoms with van der Waals surface area (Å²) in [5.41, 5.74) is 2.32. The number of morpholine rings is 1. The van der Waals surface area contributed by atoms with Gasteiger partial charge in [-0.2, -0.15) is 0 Å². The lowest BCUT2D eigenvalue weighted by Crippen LogP contribution is -2.40. The molecule has 0 aliphatic carbocycles. The zero-order valence-corrected chi connectivity index (χ0v) is 16.7. The van der Waals surface area contributed by atoms with Crippen molar-refractivity contribution in [2.75, 3.05) is 39.5 Å². The van der Waals surface area contributed by atoms with Gasteiger partial charge < -0.3 is 24.8 Å². The molecule has 8 heteroatoms. The van der Waals surface area contributed by atoms with Crippen molar-refractivity contribution in [1.29, 1.82) is 0 Å². The van der Waals surface area contributed by atoms with Crippen LogP contribution in [0.15, 0.2) is 42.5 Å². The maximum atomic E-state index is 12.6. The topological polar surface area (TPSA) is 88.1 Å². The summed E-state index contributed by atoms with van der Waals surface area (Å²) in [7, 11) is 0. The third-order valence-electron chi connectivity index (χ3n) is 4.54. The van der Waals surface area contributed by atoms with E-state index in [1.807, 2.05) is 18.2 Å². The molecule has 0 aromatic heterocycles. The van der Waals surface area contributed by atoms with Crippen molar-refractivity contribution in [2.45, 2.75) is 6.42 Å². The van der Waals surface area contributed by atoms with Gasteiger partial charge in [0.1, 0.15) is 5.75 Å². The van der Waals surface area contributed by atoms with Gasteiger partial charge in [-0.25, -0.2) is 4.79 Å². The summed E-state index contributed by atoms with van der Waals surface area (Å²) in [6.07, 6.45) is -0.509. The number of hydrogen-bond donors (Lipinski definition) is 2. The van der Waals surface area contributed by atoms with Crippen LogP contribution < -0.4 is 10.1 Å². The molecule has 7 nitrogen and oxygen atoms in total. The highest BCUT2D eigenvalue weighted by Gasteiger charge is 2.18. The molecule has 0 saturated carbocycles. The maximum Gasteiger partial charge on any atom is 0.404 e. The van der Waals surface area contributed by atoms with Crippen LogP contribution >= 0.6 is 11.6 Å². The lowest BCUT2D eigenvalue weighted by atomic mass is 10.0. The Labute approximate surface area is 174 Å².